The van der Waals surface area contributed by atoms with E-state index in [1.165, 1.54) is 18.2 Å². The highest BCUT2D eigenvalue weighted by atomic mass is 35.5. The Morgan fingerprint density at radius 3 is 2.50 bits per heavy atom. The van der Waals surface area contributed by atoms with Crippen molar-refractivity contribution in [1.82, 2.24) is 0 Å². The van der Waals surface area contributed by atoms with Crippen LogP contribution in [0.1, 0.15) is 13.3 Å². The molecule has 0 spiro atoms. The summed E-state index contributed by atoms with van der Waals surface area (Å²) in [5.41, 5.74) is -0.00427. The van der Waals surface area contributed by atoms with Gasteiger partial charge in [-0.1, -0.05) is 30.1 Å². The van der Waals surface area contributed by atoms with Crippen molar-refractivity contribution in [3.05, 3.63) is 62.6 Å². The fourth-order valence-electron chi connectivity index (χ4n) is 1.94. The van der Waals surface area contributed by atoms with Gasteiger partial charge in [0.05, 0.1) is 15.6 Å². The zero-order chi connectivity index (χ0) is 17.7. The van der Waals surface area contributed by atoms with Crippen molar-refractivity contribution in [1.29, 1.82) is 0 Å². The van der Waals surface area contributed by atoms with E-state index in [9.17, 15) is 14.9 Å². The number of halogens is 2. The maximum absolute atomic E-state index is 12.4. The van der Waals surface area contributed by atoms with Gasteiger partial charge in [-0.3, -0.25) is 14.9 Å². The van der Waals surface area contributed by atoms with Crippen molar-refractivity contribution < 1.29 is 14.5 Å². The number of anilines is 1. The van der Waals surface area contributed by atoms with Gasteiger partial charge >= 0.3 is 0 Å². The molecule has 0 aliphatic rings. The molecule has 8 heteroatoms. The van der Waals surface area contributed by atoms with Gasteiger partial charge in [0.25, 0.3) is 11.6 Å². The summed E-state index contributed by atoms with van der Waals surface area (Å²) in [6, 6.07) is 10.4. The molecule has 2 aromatic carbocycles. The first-order valence-electron chi connectivity index (χ1n) is 7.07. The summed E-state index contributed by atoms with van der Waals surface area (Å²) in [6.07, 6.45) is -0.373. The topological polar surface area (TPSA) is 81.5 Å². The molecular weight excluding hydrogens is 355 g/mol. The third-order valence-corrected chi connectivity index (χ3v) is 3.76. The highest BCUT2D eigenvalue weighted by molar-refractivity contribution is 6.33. The Balaban J connectivity index is 2.13. The Morgan fingerprint density at radius 1 is 1.25 bits per heavy atom. The quantitative estimate of drug-likeness (QED) is 0.591. The van der Waals surface area contributed by atoms with Crippen molar-refractivity contribution in [2.75, 3.05) is 5.32 Å². The summed E-state index contributed by atoms with van der Waals surface area (Å²) in [4.78, 5) is 22.6. The monoisotopic (exact) mass is 368 g/mol. The van der Waals surface area contributed by atoms with Crippen molar-refractivity contribution >= 4 is 40.5 Å². The molecular formula is C16H14Cl2N2O4. The second-order valence-corrected chi connectivity index (χ2v) is 5.72. The fourth-order valence-corrected chi connectivity index (χ4v) is 2.23. The number of carbonyl (C=O) groups excluding carboxylic acids is 1. The van der Waals surface area contributed by atoms with E-state index in [0.29, 0.717) is 17.2 Å². The van der Waals surface area contributed by atoms with Gasteiger partial charge < -0.3 is 10.1 Å². The Kier molecular flexibility index (Phi) is 6.00. The molecule has 24 heavy (non-hydrogen) atoms. The summed E-state index contributed by atoms with van der Waals surface area (Å²) >= 11 is 11.8. The number of rotatable bonds is 6. The van der Waals surface area contributed by atoms with Crippen LogP contribution in [0.4, 0.5) is 11.4 Å². The Labute approximate surface area is 148 Å². The standard InChI is InChI=1S/C16H14Cl2N2O4/c1-2-15(24-12-6-3-10(17)4-7-12)16(21)19-14-9-11(20(22)23)5-8-13(14)18/h3-9,15H,2H2,1H3,(H,19,21)/t15-/m1/s1. The van der Waals surface area contributed by atoms with Crippen LogP contribution in [0.15, 0.2) is 42.5 Å². The number of nitrogens with zero attached hydrogens (tertiary/aromatic N) is 1. The molecule has 6 nitrogen and oxygen atoms in total. The van der Waals surface area contributed by atoms with Crippen LogP contribution in [0, 0.1) is 10.1 Å². The van der Waals surface area contributed by atoms with Crippen molar-refractivity contribution in [2.24, 2.45) is 0 Å². The molecule has 0 bridgehead atoms. The van der Waals surface area contributed by atoms with E-state index in [1.807, 2.05) is 0 Å². The lowest BCUT2D eigenvalue weighted by molar-refractivity contribution is -0.384. The average molecular weight is 369 g/mol. The Bertz CT molecular complexity index is 750. The Morgan fingerprint density at radius 2 is 1.92 bits per heavy atom. The lowest BCUT2D eigenvalue weighted by Gasteiger charge is -2.17. The van der Waals surface area contributed by atoms with E-state index in [1.54, 1.807) is 31.2 Å². The number of hydrogen-bond donors (Lipinski definition) is 1. The Hall–Kier alpha value is -2.31. The molecule has 0 heterocycles. The molecule has 1 amide bonds. The summed E-state index contributed by atoms with van der Waals surface area (Å²) in [5.74, 6) is 0.0430. The third-order valence-electron chi connectivity index (χ3n) is 3.17. The minimum atomic E-state index is -0.776. The van der Waals surface area contributed by atoms with Crippen molar-refractivity contribution in [2.45, 2.75) is 19.4 Å². The summed E-state index contributed by atoms with van der Waals surface area (Å²) in [5, 5.41) is 14.1. The molecule has 0 aliphatic carbocycles. The van der Waals surface area contributed by atoms with Crippen molar-refractivity contribution in [3.8, 4) is 5.75 Å². The van der Waals surface area contributed by atoms with Crippen LogP contribution in [-0.4, -0.2) is 16.9 Å². The van der Waals surface area contributed by atoms with Gasteiger partial charge in [0.1, 0.15) is 5.75 Å². The molecule has 0 radical (unpaired) electrons. The second kappa shape index (κ2) is 7.99. The highest BCUT2D eigenvalue weighted by Crippen LogP contribution is 2.27. The van der Waals surface area contributed by atoms with Gasteiger partial charge in [0.2, 0.25) is 0 Å². The van der Waals surface area contributed by atoms with E-state index < -0.39 is 16.9 Å². The maximum Gasteiger partial charge on any atom is 0.271 e. The molecule has 1 atom stereocenters. The van der Waals surface area contributed by atoms with Gasteiger partial charge in [-0.25, -0.2) is 0 Å². The minimum absolute atomic E-state index is 0.161. The molecule has 126 valence electrons. The summed E-state index contributed by atoms with van der Waals surface area (Å²) in [6.45, 7) is 1.79. The predicted molar refractivity (Wildman–Crippen MR) is 92.9 cm³/mol. The molecule has 0 saturated carbocycles. The van der Waals surface area contributed by atoms with Crippen LogP contribution in [0.5, 0.6) is 5.75 Å². The number of amides is 1. The molecule has 0 unspecified atom stereocenters. The number of non-ortho nitro benzene ring substituents is 1. The zero-order valence-electron chi connectivity index (χ0n) is 12.7. The van der Waals surface area contributed by atoms with Crippen LogP contribution in [0.25, 0.3) is 0 Å². The van der Waals surface area contributed by atoms with Gasteiger partial charge in [-0.2, -0.15) is 0 Å². The molecule has 2 rings (SSSR count). The van der Waals surface area contributed by atoms with E-state index in [2.05, 4.69) is 5.32 Å². The number of nitro benzene ring substituents is 1. The van der Waals surface area contributed by atoms with Crippen LogP contribution < -0.4 is 10.1 Å². The molecule has 0 saturated heterocycles. The van der Waals surface area contributed by atoms with Crippen LogP contribution in [0.2, 0.25) is 10.0 Å². The number of nitro groups is 1. The zero-order valence-corrected chi connectivity index (χ0v) is 14.2. The molecule has 0 fully saturated rings. The van der Waals surface area contributed by atoms with Crippen LogP contribution in [0.3, 0.4) is 0 Å². The molecule has 0 aromatic heterocycles. The third kappa shape index (κ3) is 4.59. The predicted octanol–water partition coefficient (Wildman–Crippen LogP) is 4.70. The van der Waals surface area contributed by atoms with Gasteiger partial charge in [0.15, 0.2) is 6.10 Å². The lowest BCUT2D eigenvalue weighted by Crippen LogP contribution is -2.32. The molecule has 0 aliphatic heterocycles. The lowest BCUT2D eigenvalue weighted by atomic mass is 10.2. The molecule has 2 aromatic rings. The largest absolute Gasteiger partial charge is 0.481 e. The smallest absolute Gasteiger partial charge is 0.271 e. The molecule has 1 N–H and O–H groups in total. The number of ether oxygens (including phenoxy) is 1. The van der Waals surface area contributed by atoms with Gasteiger partial charge in [0, 0.05) is 17.2 Å². The number of benzene rings is 2. The summed E-state index contributed by atoms with van der Waals surface area (Å²) < 4.78 is 5.62. The number of nitrogens with one attached hydrogen (secondary N) is 1. The van der Waals surface area contributed by atoms with Gasteiger partial charge in [-0.05, 0) is 36.8 Å². The average Bonchev–Trinajstić information content (AvgIpc) is 2.56. The first kappa shape index (κ1) is 18.0. The van der Waals surface area contributed by atoms with Gasteiger partial charge in [-0.15, -0.1) is 0 Å². The van der Waals surface area contributed by atoms with Crippen LogP contribution >= 0.6 is 23.2 Å². The first-order valence-corrected chi connectivity index (χ1v) is 7.83. The van der Waals surface area contributed by atoms with E-state index in [-0.39, 0.29) is 16.4 Å². The number of hydrogen-bond acceptors (Lipinski definition) is 4. The second-order valence-electron chi connectivity index (χ2n) is 4.88. The summed E-state index contributed by atoms with van der Waals surface area (Å²) in [7, 11) is 0. The minimum Gasteiger partial charge on any atom is -0.481 e. The number of carbonyl (C=O) groups is 1. The van der Waals surface area contributed by atoms with Crippen LogP contribution in [-0.2, 0) is 4.79 Å². The SMILES string of the molecule is CC[C@@H](Oc1ccc(Cl)cc1)C(=O)Nc1cc([N+](=O)[O-])ccc1Cl. The first-order chi connectivity index (χ1) is 11.4. The van der Waals surface area contributed by atoms with E-state index in [4.69, 9.17) is 27.9 Å². The van der Waals surface area contributed by atoms with Crippen molar-refractivity contribution in [3.63, 3.8) is 0 Å². The van der Waals surface area contributed by atoms with E-state index >= 15 is 0 Å². The normalized spacial score (nSPS) is 11.6. The highest BCUT2D eigenvalue weighted by Gasteiger charge is 2.20. The van der Waals surface area contributed by atoms with E-state index in [0.717, 1.165) is 0 Å². The fraction of sp³-hybridized carbons (Fsp3) is 0.188. The maximum atomic E-state index is 12.4.